The number of imidazole rings is 1. The standard InChI is InChI=1S/C17H10ClN3O/c1-2-14(22)16-15(12-6-3-5-11(9-12)10-19)20-17-13(18)7-4-8-21(16)17/h1,3-9,14,22H. The van der Waals surface area contributed by atoms with Crippen LogP contribution in [0, 0.1) is 23.7 Å². The van der Waals surface area contributed by atoms with E-state index in [0.29, 0.717) is 33.2 Å². The van der Waals surface area contributed by atoms with Gasteiger partial charge in [0.15, 0.2) is 11.8 Å². The van der Waals surface area contributed by atoms with Crippen LogP contribution in [0.1, 0.15) is 17.4 Å². The van der Waals surface area contributed by atoms with Crippen LogP contribution in [-0.4, -0.2) is 14.5 Å². The van der Waals surface area contributed by atoms with E-state index < -0.39 is 6.10 Å². The van der Waals surface area contributed by atoms with E-state index in [2.05, 4.69) is 17.0 Å². The molecule has 3 rings (SSSR count). The van der Waals surface area contributed by atoms with Gasteiger partial charge in [0.05, 0.1) is 28.0 Å². The van der Waals surface area contributed by atoms with E-state index in [1.54, 1.807) is 40.9 Å². The molecule has 5 heteroatoms. The molecule has 106 valence electrons. The van der Waals surface area contributed by atoms with Crippen LogP contribution in [0.3, 0.4) is 0 Å². The molecule has 0 aliphatic rings. The second kappa shape index (κ2) is 5.54. The van der Waals surface area contributed by atoms with E-state index in [-0.39, 0.29) is 0 Å². The lowest BCUT2D eigenvalue weighted by atomic mass is 10.1. The van der Waals surface area contributed by atoms with Gasteiger partial charge >= 0.3 is 0 Å². The van der Waals surface area contributed by atoms with Gasteiger partial charge in [0, 0.05) is 11.8 Å². The Morgan fingerprint density at radius 2 is 2.14 bits per heavy atom. The number of rotatable bonds is 2. The number of hydrogen-bond acceptors (Lipinski definition) is 3. The van der Waals surface area contributed by atoms with E-state index in [1.165, 1.54) is 0 Å². The number of nitrogens with zero attached hydrogens (tertiary/aromatic N) is 3. The molecule has 0 saturated carbocycles. The molecule has 0 aliphatic carbocycles. The molecule has 1 unspecified atom stereocenters. The molecule has 2 aromatic heterocycles. The number of aliphatic hydroxyl groups excluding tert-OH is 1. The van der Waals surface area contributed by atoms with E-state index in [0.717, 1.165) is 0 Å². The molecule has 1 N–H and O–H groups in total. The first kappa shape index (κ1) is 14.2. The summed E-state index contributed by atoms with van der Waals surface area (Å²) in [5.74, 6) is 2.30. The largest absolute Gasteiger partial charge is 0.374 e. The zero-order chi connectivity index (χ0) is 15.7. The first-order valence-electron chi connectivity index (χ1n) is 6.47. The van der Waals surface area contributed by atoms with Crippen molar-refractivity contribution < 1.29 is 5.11 Å². The topological polar surface area (TPSA) is 61.3 Å². The van der Waals surface area contributed by atoms with Crippen molar-refractivity contribution in [1.82, 2.24) is 9.38 Å². The van der Waals surface area contributed by atoms with Gasteiger partial charge < -0.3 is 5.11 Å². The molecule has 0 saturated heterocycles. The van der Waals surface area contributed by atoms with Crippen LogP contribution >= 0.6 is 11.6 Å². The fraction of sp³-hybridized carbons (Fsp3) is 0.0588. The molecular formula is C17H10ClN3O. The molecule has 1 atom stereocenters. The Balaban J connectivity index is 2.36. The summed E-state index contributed by atoms with van der Waals surface area (Å²) >= 11 is 6.17. The monoisotopic (exact) mass is 307 g/mol. The zero-order valence-electron chi connectivity index (χ0n) is 11.4. The van der Waals surface area contributed by atoms with Crippen LogP contribution in [0.15, 0.2) is 42.6 Å². The minimum Gasteiger partial charge on any atom is -0.374 e. The van der Waals surface area contributed by atoms with Crippen molar-refractivity contribution >= 4 is 17.2 Å². The normalized spacial score (nSPS) is 11.8. The number of terminal acetylenes is 1. The van der Waals surface area contributed by atoms with Gasteiger partial charge in [-0.25, -0.2) is 4.98 Å². The summed E-state index contributed by atoms with van der Waals surface area (Å²) in [4.78, 5) is 4.49. The Labute approximate surface area is 132 Å². The van der Waals surface area contributed by atoms with Crippen LogP contribution < -0.4 is 0 Å². The van der Waals surface area contributed by atoms with Crippen molar-refractivity contribution in [1.29, 1.82) is 5.26 Å². The molecule has 3 aromatic rings. The summed E-state index contributed by atoms with van der Waals surface area (Å²) in [5.41, 5.74) is 2.67. The van der Waals surface area contributed by atoms with E-state index >= 15 is 0 Å². The van der Waals surface area contributed by atoms with Gasteiger partial charge in [0.1, 0.15) is 0 Å². The number of aliphatic hydroxyl groups is 1. The highest BCUT2D eigenvalue weighted by Crippen LogP contribution is 2.31. The van der Waals surface area contributed by atoms with Crippen LogP contribution in [0.4, 0.5) is 0 Å². The quantitative estimate of drug-likeness (QED) is 0.740. The maximum Gasteiger partial charge on any atom is 0.157 e. The molecule has 0 spiro atoms. The van der Waals surface area contributed by atoms with Gasteiger partial charge in [-0.2, -0.15) is 5.26 Å². The summed E-state index contributed by atoms with van der Waals surface area (Å²) < 4.78 is 1.67. The second-order valence-corrected chi connectivity index (χ2v) is 5.06. The fourth-order valence-corrected chi connectivity index (χ4v) is 2.55. The number of nitriles is 1. The Morgan fingerprint density at radius 1 is 1.32 bits per heavy atom. The third-order valence-electron chi connectivity index (χ3n) is 3.32. The number of fused-ring (bicyclic) bond motifs is 1. The van der Waals surface area contributed by atoms with Crippen molar-refractivity contribution in [3.63, 3.8) is 0 Å². The highest BCUT2D eigenvalue weighted by molar-refractivity contribution is 6.33. The maximum atomic E-state index is 10.2. The molecule has 22 heavy (non-hydrogen) atoms. The van der Waals surface area contributed by atoms with Crippen molar-refractivity contribution in [2.45, 2.75) is 6.10 Å². The SMILES string of the molecule is C#CC(O)c1c(-c2cccc(C#N)c2)nc2c(Cl)cccn12. The molecule has 1 aromatic carbocycles. The number of halogens is 1. The summed E-state index contributed by atoms with van der Waals surface area (Å²) in [6.45, 7) is 0. The highest BCUT2D eigenvalue weighted by Gasteiger charge is 2.20. The predicted molar refractivity (Wildman–Crippen MR) is 84.1 cm³/mol. The summed E-state index contributed by atoms with van der Waals surface area (Å²) in [7, 11) is 0. The fourth-order valence-electron chi connectivity index (χ4n) is 2.34. The average molecular weight is 308 g/mol. The van der Waals surface area contributed by atoms with Crippen LogP contribution in [0.5, 0.6) is 0 Å². The third kappa shape index (κ3) is 2.21. The van der Waals surface area contributed by atoms with Gasteiger partial charge in [-0.05, 0) is 24.3 Å². The lowest BCUT2D eigenvalue weighted by molar-refractivity contribution is 0.233. The van der Waals surface area contributed by atoms with Gasteiger partial charge in [0.25, 0.3) is 0 Å². The summed E-state index contributed by atoms with van der Waals surface area (Å²) in [6.07, 6.45) is 5.98. The average Bonchev–Trinajstić information content (AvgIpc) is 2.95. The molecule has 0 fully saturated rings. The highest BCUT2D eigenvalue weighted by atomic mass is 35.5. The predicted octanol–water partition coefficient (Wildman–Crippen LogP) is 3.19. The van der Waals surface area contributed by atoms with Crippen molar-refractivity contribution in [3.05, 3.63) is 58.9 Å². The smallest absolute Gasteiger partial charge is 0.157 e. The van der Waals surface area contributed by atoms with Gasteiger partial charge in [-0.1, -0.05) is 29.7 Å². The molecule has 0 amide bonds. The van der Waals surface area contributed by atoms with Crippen LogP contribution in [-0.2, 0) is 0 Å². The Kier molecular flexibility index (Phi) is 3.56. The molecular weight excluding hydrogens is 298 g/mol. The maximum absolute atomic E-state index is 10.2. The van der Waals surface area contributed by atoms with Crippen LogP contribution in [0.2, 0.25) is 5.02 Å². The summed E-state index contributed by atoms with van der Waals surface area (Å²) in [5, 5.41) is 19.7. The Hall–Kier alpha value is -2.79. The second-order valence-electron chi connectivity index (χ2n) is 4.66. The number of benzene rings is 1. The van der Waals surface area contributed by atoms with Crippen molar-refractivity contribution in [2.24, 2.45) is 0 Å². The summed E-state index contributed by atoms with van der Waals surface area (Å²) in [6, 6.07) is 12.5. The lowest BCUT2D eigenvalue weighted by Crippen LogP contribution is -2.01. The molecule has 0 aliphatic heterocycles. The van der Waals surface area contributed by atoms with Crippen molar-refractivity contribution in [3.8, 4) is 29.7 Å². The van der Waals surface area contributed by atoms with E-state index in [1.807, 2.05) is 6.07 Å². The lowest BCUT2D eigenvalue weighted by Gasteiger charge is -2.07. The molecule has 0 radical (unpaired) electrons. The minimum atomic E-state index is -1.13. The number of pyridine rings is 1. The van der Waals surface area contributed by atoms with Gasteiger partial charge in [-0.15, -0.1) is 6.42 Å². The first-order valence-corrected chi connectivity index (χ1v) is 6.84. The van der Waals surface area contributed by atoms with E-state index in [9.17, 15) is 5.11 Å². The molecule has 2 heterocycles. The first-order chi connectivity index (χ1) is 10.7. The van der Waals surface area contributed by atoms with E-state index in [4.69, 9.17) is 23.3 Å². The van der Waals surface area contributed by atoms with Gasteiger partial charge in [0.2, 0.25) is 0 Å². The molecule has 0 bridgehead atoms. The Bertz CT molecular complexity index is 947. The third-order valence-corrected chi connectivity index (χ3v) is 3.62. The van der Waals surface area contributed by atoms with Crippen molar-refractivity contribution in [2.75, 3.05) is 0 Å². The zero-order valence-corrected chi connectivity index (χ0v) is 12.1. The van der Waals surface area contributed by atoms with Gasteiger partial charge in [-0.3, -0.25) is 4.40 Å². The number of aromatic nitrogens is 2. The Morgan fingerprint density at radius 3 is 2.86 bits per heavy atom. The minimum absolute atomic E-state index is 0.454. The number of hydrogen-bond donors (Lipinski definition) is 1. The van der Waals surface area contributed by atoms with Crippen LogP contribution in [0.25, 0.3) is 16.9 Å². The molecule has 4 nitrogen and oxygen atoms in total.